The maximum Gasteiger partial charge on any atom is 0.397 e. The largest absolute Gasteiger partial charge is 0.481 e. The van der Waals surface area contributed by atoms with Crippen LogP contribution in [0.1, 0.15) is 12.7 Å². The fraction of sp³-hybridized carbons (Fsp3) is 0.400. The third-order valence-electron chi connectivity index (χ3n) is 1.73. The summed E-state index contributed by atoms with van der Waals surface area (Å²) in [6, 6.07) is 1.41. The van der Waals surface area contributed by atoms with Crippen LogP contribution in [0.3, 0.4) is 0 Å². The van der Waals surface area contributed by atoms with Gasteiger partial charge in [-0.2, -0.15) is 4.98 Å². The lowest BCUT2D eigenvalue weighted by atomic mass is 10.5. The van der Waals surface area contributed by atoms with Crippen LogP contribution < -0.4 is 10.1 Å². The number of nitrogens with zero attached hydrogens (tertiary/aromatic N) is 2. The molecule has 7 nitrogen and oxygen atoms in total. The number of hydrogen-bond acceptors (Lipinski definition) is 6. The van der Waals surface area contributed by atoms with Crippen molar-refractivity contribution in [1.29, 1.82) is 0 Å². The Bertz CT molecular complexity index is 434. The van der Waals surface area contributed by atoms with Crippen molar-refractivity contribution in [1.82, 2.24) is 9.97 Å². The van der Waals surface area contributed by atoms with Gasteiger partial charge >= 0.3 is 11.9 Å². The standard InChI is InChI=1S/C10H13N3O4/c1-4-17-10(15)9(14)13-7-5-8(16-3)12-6(2)11-7/h5H,4H2,1-3H3,(H,11,12,13,14). The van der Waals surface area contributed by atoms with Gasteiger partial charge in [0.15, 0.2) is 0 Å². The summed E-state index contributed by atoms with van der Waals surface area (Å²) < 4.78 is 9.44. The molecule has 0 radical (unpaired) electrons. The molecular weight excluding hydrogens is 226 g/mol. The van der Waals surface area contributed by atoms with E-state index in [2.05, 4.69) is 20.0 Å². The van der Waals surface area contributed by atoms with Gasteiger partial charge in [-0.15, -0.1) is 0 Å². The topological polar surface area (TPSA) is 90.4 Å². The number of rotatable bonds is 3. The van der Waals surface area contributed by atoms with E-state index in [4.69, 9.17) is 4.74 Å². The summed E-state index contributed by atoms with van der Waals surface area (Å²) in [5, 5.41) is 2.30. The van der Waals surface area contributed by atoms with E-state index >= 15 is 0 Å². The van der Waals surface area contributed by atoms with Gasteiger partial charge in [-0.05, 0) is 13.8 Å². The lowest BCUT2D eigenvalue weighted by Crippen LogP contribution is -2.25. The fourth-order valence-electron chi connectivity index (χ4n) is 1.07. The molecule has 92 valence electrons. The average molecular weight is 239 g/mol. The Kier molecular flexibility index (Phi) is 4.38. The zero-order chi connectivity index (χ0) is 12.8. The summed E-state index contributed by atoms with van der Waals surface area (Å²) >= 11 is 0. The van der Waals surface area contributed by atoms with Gasteiger partial charge in [0.05, 0.1) is 13.7 Å². The van der Waals surface area contributed by atoms with E-state index in [0.717, 1.165) is 0 Å². The second-order valence-corrected chi connectivity index (χ2v) is 3.02. The Hall–Kier alpha value is -2.18. The van der Waals surface area contributed by atoms with Gasteiger partial charge in [0.25, 0.3) is 0 Å². The van der Waals surface area contributed by atoms with E-state index in [9.17, 15) is 9.59 Å². The molecule has 1 heterocycles. The van der Waals surface area contributed by atoms with Crippen molar-refractivity contribution in [3.05, 3.63) is 11.9 Å². The summed E-state index contributed by atoms with van der Waals surface area (Å²) in [5.41, 5.74) is 0. The van der Waals surface area contributed by atoms with E-state index in [1.165, 1.54) is 13.2 Å². The van der Waals surface area contributed by atoms with Crippen LogP contribution in [-0.4, -0.2) is 35.6 Å². The van der Waals surface area contributed by atoms with E-state index in [-0.39, 0.29) is 12.4 Å². The fourth-order valence-corrected chi connectivity index (χ4v) is 1.07. The number of amides is 1. The molecule has 0 unspecified atom stereocenters. The number of ether oxygens (including phenoxy) is 2. The Balaban J connectivity index is 2.77. The van der Waals surface area contributed by atoms with Crippen LogP contribution in [0.5, 0.6) is 5.88 Å². The molecule has 0 fully saturated rings. The normalized spacial score (nSPS) is 9.59. The minimum atomic E-state index is -0.956. The Labute approximate surface area is 98.2 Å². The molecule has 0 aliphatic carbocycles. The Morgan fingerprint density at radius 1 is 1.41 bits per heavy atom. The van der Waals surface area contributed by atoms with Gasteiger partial charge in [-0.3, -0.25) is 4.79 Å². The number of hydrogen-bond donors (Lipinski definition) is 1. The average Bonchev–Trinajstić information content (AvgIpc) is 2.28. The van der Waals surface area contributed by atoms with Crippen LogP contribution >= 0.6 is 0 Å². The van der Waals surface area contributed by atoms with Crippen LogP contribution in [0, 0.1) is 6.92 Å². The number of aryl methyl sites for hydroxylation is 1. The molecule has 0 aliphatic heterocycles. The van der Waals surface area contributed by atoms with Crippen LogP contribution in [0.15, 0.2) is 6.07 Å². The first-order chi connectivity index (χ1) is 8.06. The molecule has 0 aromatic carbocycles. The first kappa shape index (κ1) is 12.9. The van der Waals surface area contributed by atoms with Crippen molar-refractivity contribution in [2.24, 2.45) is 0 Å². The molecule has 1 aromatic rings. The lowest BCUT2D eigenvalue weighted by molar-refractivity contribution is -0.152. The van der Waals surface area contributed by atoms with Crippen molar-refractivity contribution in [2.45, 2.75) is 13.8 Å². The van der Waals surface area contributed by atoms with E-state index in [1.54, 1.807) is 13.8 Å². The molecule has 0 spiro atoms. The van der Waals surface area contributed by atoms with Crippen LogP contribution in [0.4, 0.5) is 5.82 Å². The monoisotopic (exact) mass is 239 g/mol. The summed E-state index contributed by atoms with van der Waals surface area (Å²) in [4.78, 5) is 30.3. The number of aromatic nitrogens is 2. The van der Waals surface area contributed by atoms with E-state index in [0.29, 0.717) is 11.7 Å². The zero-order valence-electron chi connectivity index (χ0n) is 9.81. The van der Waals surface area contributed by atoms with Crippen molar-refractivity contribution in [3.8, 4) is 5.88 Å². The maximum atomic E-state index is 11.3. The second-order valence-electron chi connectivity index (χ2n) is 3.02. The molecule has 1 rings (SSSR count). The van der Waals surface area contributed by atoms with E-state index in [1.807, 2.05) is 0 Å². The molecule has 1 amide bonds. The van der Waals surface area contributed by atoms with Crippen molar-refractivity contribution in [2.75, 3.05) is 19.0 Å². The Morgan fingerprint density at radius 3 is 2.71 bits per heavy atom. The zero-order valence-corrected chi connectivity index (χ0v) is 9.81. The van der Waals surface area contributed by atoms with E-state index < -0.39 is 11.9 Å². The minimum absolute atomic E-state index is 0.137. The molecule has 0 atom stereocenters. The van der Waals surface area contributed by atoms with Gasteiger partial charge < -0.3 is 14.8 Å². The summed E-state index contributed by atoms with van der Waals surface area (Å²) in [6.07, 6.45) is 0. The summed E-state index contributed by atoms with van der Waals surface area (Å²) in [5.74, 6) is -0.928. The smallest absolute Gasteiger partial charge is 0.397 e. The summed E-state index contributed by atoms with van der Waals surface area (Å²) in [7, 11) is 1.44. The molecule has 1 N–H and O–H groups in total. The molecule has 0 aliphatic rings. The highest BCUT2D eigenvalue weighted by molar-refractivity contribution is 6.37. The van der Waals surface area contributed by atoms with Gasteiger partial charge in [0.1, 0.15) is 11.6 Å². The number of esters is 1. The van der Waals surface area contributed by atoms with Gasteiger partial charge in [-0.1, -0.05) is 0 Å². The summed E-state index contributed by atoms with van der Waals surface area (Å²) in [6.45, 7) is 3.39. The minimum Gasteiger partial charge on any atom is -0.481 e. The molecule has 0 bridgehead atoms. The maximum absolute atomic E-state index is 11.3. The number of methoxy groups -OCH3 is 1. The van der Waals surface area contributed by atoms with Crippen molar-refractivity contribution >= 4 is 17.7 Å². The molecule has 17 heavy (non-hydrogen) atoms. The highest BCUT2D eigenvalue weighted by atomic mass is 16.5. The van der Waals surface area contributed by atoms with Crippen LogP contribution in [0.2, 0.25) is 0 Å². The number of carbonyl (C=O) groups excluding carboxylic acids is 2. The highest BCUT2D eigenvalue weighted by Gasteiger charge is 2.16. The first-order valence-corrected chi connectivity index (χ1v) is 4.94. The lowest BCUT2D eigenvalue weighted by Gasteiger charge is -2.06. The van der Waals surface area contributed by atoms with Crippen LogP contribution in [0.25, 0.3) is 0 Å². The first-order valence-electron chi connectivity index (χ1n) is 4.94. The number of nitrogens with one attached hydrogen (secondary N) is 1. The molecular formula is C10H13N3O4. The third-order valence-corrected chi connectivity index (χ3v) is 1.73. The van der Waals surface area contributed by atoms with Gasteiger partial charge in [-0.25, -0.2) is 9.78 Å². The molecule has 1 aromatic heterocycles. The Morgan fingerprint density at radius 2 is 2.12 bits per heavy atom. The highest BCUT2D eigenvalue weighted by Crippen LogP contribution is 2.12. The van der Waals surface area contributed by atoms with Crippen molar-refractivity contribution < 1.29 is 19.1 Å². The van der Waals surface area contributed by atoms with Gasteiger partial charge in [0.2, 0.25) is 5.88 Å². The molecule has 0 saturated heterocycles. The quantitative estimate of drug-likeness (QED) is 0.602. The second kappa shape index (κ2) is 5.78. The van der Waals surface area contributed by atoms with Gasteiger partial charge in [0, 0.05) is 6.07 Å². The predicted octanol–water partition coefficient (Wildman–Crippen LogP) is 0.295. The van der Waals surface area contributed by atoms with Crippen molar-refractivity contribution in [3.63, 3.8) is 0 Å². The SMILES string of the molecule is CCOC(=O)C(=O)Nc1cc(OC)nc(C)n1. The number of carbonyl (C=O) groups is 2. The molecule has 7 heteroatoms. The third kappa shape index (κ3) is 3.71. The molecule has 0 saturated carbocycles. The predicted molar refractivity (Wildman–Crippen MR) is 58.6 cm³/mol. The van der Waals surface area contributed by atoms with Crippen LogP contribution in [-0.2, 0) is 14.3 Å². The number of anilines is 1.